The van der Waals surface area contributed by atoms with Crippen molar-refractivity contribution in [1.82, 2.24) is 10.6 Å². The molecule has 0 saturated heterocycles. The second kappa shape index (κ2) is 7.24. The molecule has 0 atom stereocenters. The van der Waals surface area contributed by atoms with Gasteiger partial charge in [-0.15, -0.1) is 0 Å². The molecule has 0 heterocycles. The van der Waals surface area contributed by atoms with Gasteiger partial charge < -0.3 is 10.6 Å². The van der Waals surface area contributed by atoms with Gasteiger partial charge in [-0.05, 0) is 44.9 Å². The van der Waals surface area contributed by atoms with Gasteiger partial charge in [0.15, 0.2) is 0 Å². The number of hydrogen-bond acceptors (Lipinski definition) is 2. The van der Waals surface area contributed by atoms with Gasteiger partial charge in [0.1, 0.15) is 5.82 Å². The van der Waals surface area contributed by atoms with E-state index in [1.165, 1.54) is 12.1 Å². The average molecular weight is 266 g/mol. The van der Waals surface area contributed by atoms with Gasteiger partial charge in [-0.25, -0.2) is 4.39 Å². The maximum Gasteiger partial charge on any atom is 0.220 e. The Morgan fingerprint density at radius 2 is 2.00 bits per heavy atom. The van der Waals surface area contributed by atoms with Gasteiger partial charge in [-0.3, -0.25) is 4.79 Å². The van der Waals surface area contributed by atoms with E-state index in [-0.39, 0.29) is 17.3 Å². The van der Waals surface area contributed by atoms with Gasteiger partial charge >= 0.3 is 0 Å². The van der Waals surface area contributed by atoms with Gasteiger partial charge in [0.2, 0.25) is 5.91 Å². The third-order valence-electron chi connectivity index (χ3n) is 2.63. The largest absolute Gasteiger partial charge is 0.355 e. The standard InChI is InChI=1S/C15H23FN2O/c1-15(2,3)18-10-9-17-14(19)8-7-12-5-4-6-13(16)11-12/h4-6,11,18H,7-10H2,1-3H3,(H,17,19). The number of amides is 1. The number of rotatable bonds is 6. The van der Waals surface area contributed by atoms with Crippen molar-refractivity contribution in [3.8, 4) is 0 Å². The van der Waals surface area contributed by atoms with Gasteiger partial charge in [0.25, 0.3) is 0 Å². The minimum Gasteiger partial charge on any atom is -0.355 e. The molecule has 0 saturated carbocycles. The second-order valence-corrected chi connectivity index (χ2v) is 5.66. The van der Waals surface area contributed by atoms with Crippen molar-refractivity contribution in [3.63, 3.8) is 0 Å². The molecule has 1 amide bonds. The number of nitrogens with one attached hydrogen (secondary N) is 2. The highest BCUT2D eigenvalue weighted by Crippen LogP contribution is 2.05. The molecule has 0 aliphatic heterocycles. The highest BCUT2D eigenvalue weighted by molar-refractivity contribution is 5.76. The Kier molecular flexibility index (Phi) is 5.96. The number of hydrogen-bond donors (Lipinski definition) is 2. The van der Waals surface area contributed by atoms with Crippen molar-refractivity contribution in [3.05, 3.63) is 35.6 Å². The van der Waals surface area contributed by atoms with Crippen LogP contribution in [0.5, 0.6) is 0 Å². The SMILES string of the molecule is CC(C)(C)NCCNC(=O)CCc1cccc(F)c1. The van der Waals surface area contributed by atoms with Crippen LogP contribution in [-0.4, -0.2) is 24.5 Å². The summed E-state index contributed by atoms with van der Waals surface area (Å²) in [5, 5.41) is 6.14. The first-order chi connectivity index (χ1) is 8.87. The fourth-order valence-electron chi connectivity index (χ4n) is 1.68. The van der Waals surface area contributed by atoms with Crippen LogP contribution in [0.4, 0.5) is 4.39 Å². The summed E-state index contributed by atoms with van der Waals surface area (Å²) in [5.74, 6) is -0.257. The van der Waals surface area contributed by atoms with Crippen LogP contribution in [0.3, 0.4) is 0 Å². The summed E-state index contributed by atoms with van der Waals surface area (Å²) >= 11 is 0. The Balaban J connectivity index is 2.18. The lowest BCUT2D eigenvalue weighted by Gasteiger charge is -2.20. The molecule has 0 bridgehead atoms. The highest BCUT2D eigenvalue weighted by Gasteiger charge is 2.08. The van der Waals surface area contributed by atoms with Crippen LogP contribution >= 0.6 is 0 Å². The zero-order valence-corrected chi connectivity index (χ0v) is 11.9. The first kappa shape index (κ1) is 15.6. The third-order valence-corrected chi connectivity index (χ3v) is 2.63. The number of halogens is 1. The number of carbonyl (C=O) groups is 1. The summed E-state index contributed by atoms with van der Waals surface area (Å²) in [4.78, 5) is 11.6. The molecule has 1 aromatic carbocycles. The van der Waals surface area contributed by atoms with E-state index in [4.69, 9.17) is 0 Å². The molecule has 0 aliphatic rings. The topological polar surface area (TPSA) is 41.1 Å². The molecule has 0 aromatic heterocycles. The van der Waals surface area contributed by atoms with E-state index in [1.54, 1.807) is 6.07 Å². The van der Waals surface area contributed by atoms with Crippen molar-refractivity contribution < 1.29 is 9.18 Å². The Morgan fingerprint density at radius 3 is 2.63 bits per heavy atom. The van der Waals surface area contributed by atoms with Crippen molar-refractivity contribution >= 4 is 5.91 Å². The summed E-state index contributed by atoms with van der Waals surface area (Å²) in [6.07, 6.45) is 0.954. The maximum atomic E-state index is 12.9. The predicted octanol–water partition coefficient (Wildman–Crippen LogP) is 2.26. The van der Waals surface area contributed by atoms with Gasteiger partial charge in [-0.1, -0.05) is 12.1 Å². The molecular formula is C15H23FN2O. The molecule has 0 spiro atoms. The van der Waals surface area contributed by atoms with Crippen LogP contribution < -0.4 is 10.6 Å². The predicted molar refractivity (Wildman–Crippen MR) is 75.5 cm³/mol. The van der Waals surface area contributed by atoms with E-state index in [1.807, 2.05) is 6.07 Å². The van der Waals surface area contributed by atoms with Crippen molar-refractivity contribution in [2.24, 2.45) is 0 Å². The molecule has 4 heteroatoms. The lowest BCUT2D eigenvalue weighted by atomic mass is 10.1. The smallest absolute Gasteiger partial charge is 0.220 e. The molecule has 1 aromatic rings. The molecule has 0 unspecified atom stereocenters. The number of benzene rings is 1. The first-order valence-electron chi connectivity index (χ1n) is 6.63. The normalized spacial score (nSPS) is 11.4. The molecule has 0 radical (unpaired) electrons. The van der Waals surface area contributed by atoms with Crippen molar-refractivity contribution in [2.75, 3.05) is 13.1 Å². The Hall–Kier alpha value is -1.42. The molecule has 0 fully saturated rings. The molecule has 3 nitrogen and oxygen atoms in total. The Morgan fingerprint density at radius 1 is 1.26 bits per heavy atom. The molecule has 0 aliphatic carbocycles. The summed E-state index contributed by atoms with van der Waals surface area (Å²) in [6, 6.07) is 6.36. The minimum absolute atomic E-state index is 0.0000274. The van der Waals surface area contributed by atoms with Gasteiger partial charge in [0, 0.05) is 25.0 Å². The average Bonchev–Trinajstić information content (AvgIpc) is 2.31. The highest BCUT2D eigenvalue weighted by atomic mass is 19.1. The molecule has 1 rings (SSSR count). The number of carbonyl (C=O) groups excluding carboxylic acids is 1. The summed E-state index contributed by atoms with van der Waals surface area (Å²) in [5.41, 5.74) is 0.912. The zero-order valence-electron chi connectivity index (χ0n) is 11.9. The minimum atomic E-state index is -0.257. The zero-order chi connectivity index (χ0) is 14.3. The first-order valence-corrected chi connectivity index (χ1v) is 6.63. The monoisotopic (exact) mass is 266 g/mol. The van der Waals surface area contributed by atoms with E-state index >= 15 is 0 Å². The van der Waals surface area contributed by atoms with Crippen LogP contribution in [0.15, 0.2) is 24.3 Å². The maximum absolute atomic E-state index is 12.9. The Bertz CT molecular complexity index is 413. The van der Waals surface area contributed by atoms with E-state index in [0.717, 1.165) is 12.1 Å². The fraction of sp³-hybridized carbons (Fsp3) is 0.533. The lowest BCUT2D eigenvalue weighted by molar-refractivity contribution is -0.121. The van der Waals surface area contributed by atoms with Crippen LogP contribution in [0, 0.1) is 5.82 Å². The molecular weight excluding hydrogens is 243 g/mol. The Labute approximate surface area is 114 Å². The van der Waals surface area contributed by atoms with Crippen LogP contribution in [0.1, 0.15) is 32.8 Å². The van der Waals surface area contributed by atoms with Gasteiger partial charge in [-0.2, -0.15) is 0 Å². The van der Waals surface area contributed by atoms with Gasteiger partial charge in [0.05, 0.1) is 0 Å². The second-order valence-electron chi connectivity index (χ2n) is 5.66. The van der Waals surface area contributed by atoms with E-state index in [9.17, 15) is 9.18 Å². The third kappa shape index (κ3) is 7.57. The number of aryl methyl sites for hydroxylation is 1. The van der Waals surface area contributed by atoms with Crippen molar-refractivity contribution in [1.29, 1.82) is 0 Å². The van der Waals surface area contributed by atoms with Crippen LogP contribution in [0.25, 0.3) is 0 Å². The quantitative estimate of drug-likeness (QED) is 0.775. The summed E-state index contributed by atoms with van der Waals surface area (Å²) in [6.45, 7) is 7.60. The van der Waals surface area contributed by atoms with Crippen LogP contribution in [0.2, 0.25) is 0 Å². The van der Waals surface area contributed by atoms with Crippen LogP contribution in [-0.2, 0) is 11.2 Å². The van der Waals surface area contributed by atoms with E-state index in [2.05, 4.69) is 31.4 Å². The molecule has 2 N–H and O–H groups in total. The summed E-state index contributed by atoms with van der Waals surface area (Å²) < 4.78 is 12.9. The van der Waals surface area contributed by atoms with Crippen molar-refractivity contribution in [2.45, 2.75) is 39.2 Å². The van der Waals surface area contributed by atoms with E-state index < -0.39 is 0 Å². The molecule has 106 valence electrons. The fourth-order valence-corrected chi connectivity index (χ4v) is 1.68. The molecule has 19 heavy (non-hydrogen) atoms. The summed E-state index contributed by atoms with van der Waals surface area (Å²) in [7, 11) is 0. The lowest BCUT2D eigenvalue weighted by Crippen LogP contribution is -2.41. The van der Waals surface area contributed by atoms with E-state index in [0.29, 0.717) is 19.4 Å².